The summed E-state index contributed by atoms with van der Waals surface area (Å²) in [7, 11) is 1.68. The molecule has 0 spiro atoms. The van der Waals surface area contributed by atoms with Gasteiger partial charge in [0.15, 0.2) is 5.69 Å². The van der Waals surface area contributed by atoms with Gasteiger partial charge in [0.2, 0.25) is 0 Å². The number of benzene rings is 1. The highest BCUT2D eigenvalue weighted by Gasteiger charge is 2.08. The van der Waals surface area contributed by atoms with Gasteiger partial charge in [0.25, 0.3) is 5.91 Å². The van der Waals surface area contributed by atoms with Gasteiger partial charge in [-0.15, -0.1) is 5.10 Å². The molecule has 5 heteroatoms. The van der Waals surface area contributed by atoms with Crippen LogP contribution in [0.15, 0.2) is 30.5 Å². The Balaban J connectivity index is 1.94. The molecule has 0 aliphatic heterocycles. The van der Waals surface area contributed by atoms with Crippen molar-refractivity contribution in [2.45, 2.75) is 13.5 Å². The SMILES string of the molecule is Cc1ccc(CNC(=O)c2cnn(C)n2)cc1. The Morgan fingerprint density at radius 3 is 2.65 bits per heavy atom. The molecule has 0 aliphatic carbocycles. The van der Waals surface area contributed by atoms with Crippen molar-refractivity contribution in [2.24, 2.45) is 7.05 Å². The number of rotatable bonds is 3. The van der Waals surface area contributed by atoms with Gasteiger partial charge in [0.05, 0.1) is 6.20 Å². The molecule has 0 aliphatic rings. The third-order valence-electron chi connectivity index (χ3n) is 2.41. The van der Waals surface area contributed by atoms with Gasteiger partial charge in [0.1, 0.15) is 0 Å². The third-order valence-corrected chi connectivity index (χ3v) is 2.41. The Bertz CT molecular complexity index is 516. The van der Waals surface area contributed by atoms with Crippen LogP contribution in [-0.4, -0.2) is 20.9 Å². The smallest absolute Gasteiger partial charge is 0.273 e. The molecular weight excluding hydrogens is 216 g/mol. The van der Waals surface area contributed by atoms with Gasteiger partial charge in [-0.2, -0.15) is 9.90 Å². The average Bonchev–Trinajstić information content (AvgIpc) is 2.75. The van der Waals surface area contributed by atoms with Crippen molar-refractivity contribution in [1.29, 1.82) is 0 Å². The first-order valence-electron chi connectivity index (χ1n) is 5.35. The number of nitrogens with zero attached hydrogens (tertiary/aromatic N) is 3. The van der Waals surface area contributed by atoms with Crippen LogP contribution in [0, 0.1) is 6.92 Å². The lowest BCUT2D eigenvalue weighted by Crippen LogP contribution is -2.23. The van der Waals surface area contributed by atoms with E-state index in [9.17, 15) is 4.79 Å². The van der Waals surface area contributed by atoms with Gasteiger partial charge in [-0.05, 0) is 12.5 Å². The quantitative estimate of drug-likeness (QED) is 0.857. The van der Waals surface area contributed by atoms with Crippen LogP contribution in [0.25, 0.3) is 0 Å². The average molecular weight is 230 g/mol. The van der Waals surface area contributed by atoms with Gasteiger partial charge in [0, 0.05) is 13.6 Å². The van der Waals surface area contributed by atoms with Gasteiger partial charge in [-0.25, -0.2) is 0 Å². The zero-order valence-corrected chi connectivity index (χ0v) is 9.84. The second-order valence-corrected chi connectivity index (χ2v) is 3.89. The fourth-order valence-corrected chi connectivity index (χ4v) is 1.43. The van der Waals surface area contributed by atoms with Crippen LogP contribution in [0.3, 0.4) is 0 Å². The largest absolute Gasteiger partial charge is 0.347 e. The fourth-order valence-electron chi connectivity index (χ4n) is 1.43. The van der Waals surface area contributed by atoms with Crippen molar-refractivity contribution < 1.29 is 4.79 Å². The van der Waals surface area contributed by atoms with Crippen molar-refractivity contribution in [3.05, 3.63) is 47.3 Å². The number of hydrogen-bond donors (Lipinski definition) is 1. The molecule has 0 saturated heterocycles. The van der Waals surface area contributed by atoms with E-state index in [2.05, 4.69) is 15.5 Å². The number of carbonyl (C=O) groups excluding carboxylic acids is 1. The maximum atomic E-state index is 11.7. The molecule has 88 valence electrons. The topological polar surface area (TPSA) is 59.8 Å². The molecule has 0 radical (unpaired) electrons. The third kappa shape index (κ3) is 2.90. The minimum Gasteiger partial charge on any atom is -0.347 e. The van der Waals surface area contributed by atoms with Crippen LogP contribution in [0.2, 0.25) is 0 Å². The summed E-state index contributed by atoms with van der Waals surface area (Å²) in [4.78, 5) is 13.0. The Morgan fingerprint density at radius 1 is 1.35 bits per heavy atom. The number of aryl methyl sites for hydroxylation is 2. The Labute approximate surface area is 99.5 Å². The molecule has 1 amide bonds. The lowest BCUT2D eigenvalue weighted by molar-refractivity contribution is 0.0945. The normalized spacial score (nSPS) is 10.2. The highest BCUT2D eigenvalue weighted by atomic mass is 16.2. The number of carbonyl (C=O) groups is 1. The first kappa shape index (κ1) is 11.3. The summed E-state index contributed by atoms with van der Waals surface area (Å²) in [6.07, 6.45) is 1.45. The molecule has 2 aromatic rings. The molecule has 1 heterocycles. The minimum atomic E-state index is -0.210. The van der Waals surface area contributed by atoms with E-state index in [1.54, 1.807) is 7.05 Å². The summed E-state index contributed by atoms with van der Waals surface area (Å²) in [6, 6.07) is 8.02. The summed E-state index contributed by atoms with van der Waals surface area (Å²) >= 11 is 0. The summed E-state index contributed by atoms with van der Waals surface area (Å²) in [5.74, 6) is -0.210. The van der Waals surface area contributed by atoms with E-state index >= 15 is 0 Å². The van der Waals surface area contributed by atoms with Crippen molar-refractivity contribution >= 4 is 5.91 Å². The minimum absolute atomic E-state index is 0.210. The molecule has 1 aromatic heterocycles. The second-order valence-electron chi connectivity index (χ2n) is 3.89. The maximum absolute atomic E-state index is 11.7. The second kappa shape index (κ2) is 4.78. The van der Waals surface area contributed by atoms with E-state index in [-0.39, 0.29) is 5.91 Å². The van der Waals surface area contributed by atoms with Gasteiger partial charge in [-0.3, -0.25) is 4.79 Å². The first-order chi connectivity index (χ1) is 8.15. The lowest BCUT2D eigenvalue weighted by Gasteiger charge is -2.03. The summed E-state index contributed by atoms with van der Waals surface area (Å²) in [5, 5.41) is 10.6. The van der Waals surface area contributed by atoms with Gasteiger partial charge in [-0.1, -0.05) is 29.8 Å². The Morgan fingerprint density at radius 2 is 2.06 bits per heavy atom. The molecule has 0 atom stereocenters. The Hall–Kier alpha value is -2.17. The standard InChI is InChI=1S/C12H14N4O/c1-9-3-5-10(6-4-9)7-13-12(17)11-8-14-16(2)15-11/h3-6,8H,7H2,1-2H3,(H,13,17). The monoisotopic (exact) mass is 230 g/mol. The zero-order chi connectivity index (χ0) is 12.3. The van der Waals surface area contributed by atoms with Crippen LogP contribution in [0.4, 0.5) is 0 Å². The number of nitrogens with one attached hydrogen (secondary N) is 1. The van der Waals surface area contributed by atoms with Crippen molar-refractivity contribution in [3.63, 3.8) is 0 Å². The summed E-state index contributed by atoms with van der Waals surface area (Å²) in [5.41, 5.74) is 2.60. The maximum Gasteiger partial charge on any atom is 0.273 e. The molecule has 17 heavy (non-hydrogen) atoms. The van der Waals surface area contributed by atoms with Crippen molar-refractivity contribution in [2.75, 3.05) is 0 Å². The van der Waals surface area contributed by atoms with Crippen LogP contribution in [0.1, 0.15) is 21.6 Å². The molecule has 0 saturated carbocycles. The number of hydrogen-bond acceptors (Lipinski definition) is 3. The summed E-state index contributed by atoms with van der Waals surface area (Å²) in [6.45, 7) is 2.53. The van der Waals surface area contributed by atoms with Gasteiger partial charge < -0.3 is 5.32 Å². The number of amides is 1. The molecule has 1 N–H and O–H groups in total. The molecule has 2 rings (SSSR count). The molecule has 0 bridgehead atoms. The zero-order valence-electron chi connectivity index (χ0n) is 9.84. The van der Waals surface area contributed by atoms with Crippen LogP contribution >= 0.6 is 0 Å². The molecule has 1 aromatic carbocycles. The predicted octanol–water partition coefficient (Wildman–Crippen LogP) is 1.05. The van der Waals surface area contributed by atoms with Crippen molar-refractivity contribution in [1.82, 2.24) is 20.3 Å². The van der Waals surface area contributed by atoms with E-state index in [4.69, 9.17) is 0 Å². The van der Waals surface area contributed by atoms with E-state index in [1.165, 1.54) is 16.6 Å². The molecule has 5 nitrogen and oxygen atoms in total. The molecular formula is C12H14N4O. The van der Waals surface area contributed by atoms with Gasteiger partial charge >= 0.3 is 0 Å². The Kier molecular flexibility index (Phi) is 3.18. The number of aromatic nitrogens is 3. The first-order valence-corrected chi connectivity index (χ1v) is 5.35. The van der Waals surface area contributed by atoms with Crippen LogP contribution in [0.5, 0.6) is 0 Å². The van der Waals surface area contributed by atoms with Crippen LogP contribution in [-0.2, 0) is 13.6 Å². The van der Waals surface area contributed by atoms with E-state index < -0.39 is 0 Å². The van der Waals surface area contributed by atoms with E-state index in [0.29, 0.717) is 12.2 Å². The molecule has 0 fully saturated rings. The predicted molar refractivity (Wildman–Crippen MR) is 63.4 cm³/mol. The van der Waals surface area contributed by atoms with E-state index in [1.807, 2.05) is 31.2 Å². The summed E-state index contributed by atoms with van der Waals surface area (Å²) < 4.78 is 0. The molecule has 0 unspecified atom stereocenters. The highest BCUT2D eigenvalue weighted by Crippen LogP contribution is 2.02. The van der Waals surface area contributed by atoms with Crippen molar-refractivity contribution in [3.8, 4) is 0 Å². The highest BCUT2D eigenvalue weighted by molar-refractivity contribution is 5.91. The fraction of sp³-hybridized carbons (Fsp3) is 0.250. The van der Waals surface area contributed by atoms with Crippen LogP contribution < -0.4 is 5.32 Å². The van der Waals surface area contributed by atoms with E-state index in [0.717, 1.165) is 5.56 Å². The lowest BCUT2D eigenvalue weighted by atomic mass is 10.1.